The Morgan fingerprint density at radius 3 is 2.52 bits per heavy atom. The Bertz CT molecular complexity index is 993. The van der Waals surface area contributed by atoms with Crippen LogP contribution < -0.4 is 16.0 Å². The molecule has 3 aromatic rings. The second kappa shape index (κ2) is 5.89. The molecule has 0 saturated carbocycles. The van der Waals surface area contributed by atoms with Gasteiger partial charge in [-0.3, -0.25) is 14.2 Å². The first kappa shape index (κ1) is 16.4. The highest BCUT2D eigenvalue weighted by Crippen LogP contribution is 2.24. The molecule has 2 N–H and O–H groups in total. The predicted octanol–water partition coefficient (Wildman–Crippen LogP) is 0.361. The molecule has 2 aromatic heterocycles. The van der Waals surface area contributed by atoms with Crippen LogP contribution in [0.2, 0.25) is 0 Å². The largest absolute Gasteiger partial charge is 0.573 e. The molecule has 130 valence electrons. The molecule has 25 heavy (non-hydrogen) atoms. The van der Waals surface area contributed by atoms with Gasteiger partial charge >= 0.3 is 6.36 Å². The zero-order valence-corrected chi connectivity index (χ0v) is 12.3. The average Bonchev–Trinajstić information content (AvgIpc) is 2.94. The van der Waals surface area contributed by atoms with E-state index in [4.69, 9.17) is 5.73 Å². The zero-order valence-electron chi connectivity index (χ0n) is 12.3. The minimum Gasteiger partial charge on any atom is -0.406 e. The summed E-state index contributed by atoms with van der Waals surface area (Å²) < 4.78 is 42.4. The number of primary amides is 1. The van der Waals surface area contributed by atoms with Crippen LogP contribution in [0.4, 0.5) is 13.2 Å². The summed E-state index contributed by atoms with van der Waals surface area (Å²) in [5.74, 6) is -1.13. The van der Waals surface area contributed by atoms with E-state index in [1.807, 2.05) is 0 Å². The van der Waals surface area contributed by atoms with Crippen molar-refractivity contribution >= 4 is 17.1 Å². The number of carbonyl (C=O) groups is 1. The first-order valence-corrected chi connectivity index (χ1v) is 6.70. The molecule has 0 spiro atoms. The van der Waals surface area contributed by atoms with Crippen molar-refractivity contribution in [2.45, 2.75) is 12.9 Å². The topological polar surface area (TPSA) is 118 Å². The van der Waals surface area contributed by atoms with Crippen LogP contribution in [0.5, 0.6) is 5.75 Å². The van der Waals surface area contributed by atoms with Crippen LogP contribution in [-0.2, 0) is 11.3 Å². The number of fused-ring (bicyclic) bond motifs is 1. The smallest absolute Gasteiger partial charge is 0.406 e. The van der Waals surface area contributed by atoms with Crippen LogP contribution in [0.1, 0.15) is 0 Å². The highest BCUT2D eigenvalue weighted by molar-refractivity contribution is 5.74. The third-order valence-electron chi connectivity index (χ3n) is 3.07. The van der Waals surface area contributed by atoms with Crippen molar-refractivity contribution in [3.05, 3.63) is 40.9 Å². The van der Waals surface area contributed by atoms with Gasteiger partial charge in [0.1, 0.15) is 18.6 Å². The summed E-state index contributed by atoms with van der Waals surface area (Å²) in [5.41, 5.74) is 4.70. The van der Waals surface area contributed by atoms with Crippen LogP contribution in [0.25, 0.3) is 16.9 Å². The SMILES string of the molecule is NC(=O)Cn1cnc2c(nnn2-c2ccc(OC(F)(F)F)cc2)c1=O. The molecule has 3 rings (SSSR count). The molecule has 0 fully saturated rings. The van der Waals surface area contributed by atoms with E-state index in [0.717, 1.165) is 23.0 Å². The highest BCUT2D eigenvalue weighted by atomic mass is 19.4. The number of hydrogen-bond donors (Lipinski definition) is 1. The first-order valence-electron chi connectivity index (χ1n) is 6.70. The van der Waals surface area contributed by atoms with Gasteiger partial charge in [0.25, 0.3) is 5.56 Å². The van der Waals surface area contributed by atoms with E-state index in [1.54, 1.807) is 0 Å². The molecule has 1 aromatic carbocycles. The number of carbonyl (C=O) groups excluding carboxylic acids is 1. The summed E-state index contributed by atoms with van der Waals surface area (Å²) in [4.78, 5) is 27.1. The molecule has 2 heterocycles. The highest BCUT2D eigenvalue weighted by Gasteiger charge is 2.31. The summed E-state index contributed by atoms with van der Waals surface area (Å²) in [7, 11) is 0. The maximum Gasteiger partial charge on any atom is 0.573 e. The second-order valence-electron chi connectivity index (χ2n) is 4.86. The number of alkyl halides is 3. The molecular formula is C13H9F3N6O3. The van der Waals surface area contributed by atoms with Gasteiger partial charge in [0, 0.05) is 0 Å². The summed E-state index contributed by atoms with van der Waals surface area (Å²) in [5, 5.41) is 7.46. The van der Waals surface area contributed by atoms with Crippen LogP contribution in [0.3, 0.4) is 0 Å². The van der Waals surface area contributed by atoms with Gasteiger partial charge in [0.05, 0.1) is 5.69 Å². The molecule has 0 saturated heterocycles. The molecule has 0 unspecified atom stereocenters. The summed E-state index contributed by atoms with van der Waals surface area (Å²) in [6.07, 6.45) is -3.69. The number of aromatic nitrogens is 5. The molecule has 0 aliphatic heterocycles. The van der Waals surface area contributed by atoms with Crippen LogP contribution >= 0.6 is 0 Å². The standard InChI is InChI=1S/C13H9F3N6O3/c14-13(15,16)25-8-3-1-7(2-4-8)22-11-10(19-20-22)12(24)21(6-18-11)5-9(17)23/h1-4,6H,5H2,(H2,17,23). The number of nitrogens with zero attached hydrogens (tertiary/aromatic N) is 5. The lowest BCUT2D eigenvalue weighted by Crippen LogP contribution is -2.28. The van der Waals surface area contributed by atoms with E-state index in [-0.39, 0.29) is 17.7 Å². The van der Waals surface area contributed by atoms with Crippen molar-refractivity contribution in [3.8, 4) is 11.4 Å². The molecule has 0 aliphatic carbocycles. The number of hydrogen-bond acceptors (Lipinski definition) is 6. The fourth-order valence-electron chi connectivity index (χ4n) is 2.09. The molecule has 12 heteroatoms. The number of rotatable bonds is 4. The van der Waals surface area contributed by atoms with Gasteiger partial charge in [-0.05, 0) is 24.3 Å². The molecule has 0 atom stereocenters. The van der Waals surface area contributed by atoms with Crippen LogP contribution in [-0.4, -0.2) is 36.8 Å². The second-order valence-corrected chi connectivity index (χ2v) is 4.86. The van der Waals surface area contributed by atoms with Crippen molar-refractivity contribution < 1.29 is 22.7 Å². The lowest BCUT2D eigenvalue weighted by Gasteiger charge is -2.09. The Hall–Kier alpha value is -3.44. The van der Waals surface area contributed by atoms with Gasteiger partial charge in [-0.15, -0.1) is 18.3 Å². The first-order chi connectivity index (χ1) is 11.7. The number of ether oxygens (including phenoxy) is 1. The van der Waals surface area contributed by atoms with Crippen LogP contribution in [0, 0.1) is 0 Å². The number of halogens is 3. The van der Waals surface area contributed by atoms with Crippen molar-refractivity contribution in [2.24, 2.45) is 5.73 Å². The maximum absolute atomic E-state index is 12.2. The molecule has 0 aliphatic rings. The van der Waals surface area contributed by atoms with Gasteiger partial charge in [0.15, 0.2) is 11.2 Å². The number of nitrogens with two attached hydrogens (primary N) is 1. The molecular weight excluding hydrogens is 345 g/mol. The van der Waals surface area contributed by atoms with Gasteiger partial charge in [-0.25, -0.2) is 4.98 Å². The van der Waals surface area contributed by atoms with Crippen LogP contribution in [0.15, 0.2) is 35.4 Å². The lowest BCUT2D eigenvalue weighted by atomic mass is 10.3. The van der Waals surface area contributed by atoms with Gasteiger partial charge in [-0.1, -0.05) is 5.21 Å². The maximum atomic E-state index is 12.2. The fraction of sp³-hybridized carbons (Fsp3) is 0.154. The van der Waals surface area contributed by atoms with Gasteiger partial charge in [-0.2, -0.15) is 4.68 Å². The van der Waals surface area contributed by atoms with E-state index < -0.39 is 23.6 Å². The Morgan fingerprint density at radius 1 is 1.24 bits per heavy atom. The molecule has 9 nitrogen and oxygen atoms in total. The Balaban J connectivity index is 1.98. The Kier molecular flexibility index (Phi) is 3.87. The quantitative estimate of drug-likeness (QED) is 0.723. The van der Waals surface area contributed by atoms with Gasteiger partial charge in [0.2, 0.25) is 5.91 Å². The van der Waals surface area contributed by atoms with E-state index >= 15 is 0 Å². The predicted molar refractivity (Wildman–Crippen MR) is 76.8 cm³/mol. The van der Waals surface area contributed by atoms with E-state index in [0.29, 0.717) is 5.69 Å². The Labute approximate surface area is 136 Å². The van der Waals surface area contributed by atoms with Crippen molar-refractivity contribution in [2.75, 3.05) is 0 Å². The monoisotopic (exact) mass is 354 g/mol. The molecule has 0 radical (unpaired) electrons. The third kappa shape index (κ3) is 3.41. The van der Waals surface area contributed by atoms with E-state index in [2.05, 4.69) is 20.0 Å². The minimum absolute atomic E-state index is 0.0789. The van der Waals surface area contributed by atoms with E-state index in [1.165, 1.54) is 16.8 Å². The normalized spacial score (nSPS) is 11.6. The minimum atomic E-state index is -4.80. The van der Waals surface area contributed by atoms with Crippen molar-refractivity contribution in [3.63, 3.8) is 0 Å². The zero-order chi connectivity index (χ0) is 18.2. The van der Waals surface area contributed by atoms with Gasteiger partial charge < -0.3 is 10.5 Å². The van der Waals surface area contributed by atoms with Crippen molar-refractivity contribution in [1.82, 2.24) is 24.5 Å². The third-order valence-corrected chi connectivity index (χ3v) is 3.07. The van der Waals surface area contributed by atoms with Crippen molar-refractivity contribution in [1.29, 1.82) is 0 Å². The summed E-state index contributed by atoms with van der Waals surface area (Å²) in [6, 6.07) is 4.77. The average molecular weight is 354 g/mol. The van der Waals surface area contributed by atoms with E-state index in [9.17, 15) is 22.8 Å². The lowest BCUT2D eigenvalue weighted by molar-refractivity contribution is -0.274. The molecule has 1 amide bonds. The number of benzene rings is 1. The Morgan fingerprint density at radius 2 is 1.92 bits per heavy atom. The summed E-state index contributed by atoms with van der Waals surface area (Å²) in [6.45, 7) is -0.363. The fourth-order valence-corrected chi connectivity index (χ4v) is 2.09. The molecule has 0 bridgehead atoms. The summed E-state index contributed by atoms with van der Waals surface area (Å²) >= 11 is 0. The number of amides is 1.